The highest BCUT2D eigenvalue weighted by molar-refractivity contribution is 7.71. The zero-order valence-electron chi connectivity index (χ0n) is 9.52. The fraction of sp³-hybridized carbons (Fsp3) is 0.154. The summed E-state index contributed by atoms with van der Waals surface area (Å²) in [7, 11) is 0. The van der Waals surface area contributed by atoms with E-state index in [1.807, 2.05) is 10.6 Å². The minimum Gasteiger partial charge on any atom is -0.331 e. The Bertz CT molecular complexity index is 725. The molecule has 0 amide bonds. The Hall–Kier alpha value is -1.46. The number of aryl methyl sites for hydroxylation is 2. The number of hydrogen-bond acceptors (Lipinski definition) is 2. The lowest BCUT2D eigenvalue weighted by Gasteiger charge is -2.03. The fourth-order valence-corrected chi connectivity index (χ4v) is 3.02. The molecule has 92 valence electrons. The molecule has 1 N–H and O–H groups in total. The van der Waals surface area contributed by atoms with E-state index in [4.69, 9.17) is 12.2 Å². The Morgan fingerprint density at radius 3 is 3.00 bits per heavy atom. The molecule has 0 aliphatic heterocycles. The lowest BCUT2D eigenvalue weighted by Crippen LogP contribution is -2.00. The largest absolute Gasteiger partial charge is 0.331 e. The van der Waals surface area contributed by atoms with Crippen LogP contribution >= 0.6 is 23.6 Å². The third-order valence-electron chi connectivity index (χ3n) is 2.90. The van der Waals surface area contributed by atoms with Crippen LogP contribution in [0.5, 0.6) is 0 Å². The van der Waals surface area contributed by atoms with E-state index in [1.54, 1.807) is 17.4 Å². The summed E-state index contributed by atoms with van der Waals surface area (Å²) >= 11 is 7.01. The third kappa shape index (κ3) is 2.11. The Morgan fingerprint density at radius 1 is 1.33 bits per heavy atom. The molecule has 2 nitrogen and oxygen atoms in total. The van der Waals surface area contributed by atoms with Gasteiger partial charge in [0.2, 0.25) is 0 Å². The first-order chi connectivity index (χ1) is 8.74. The number of rotatable bonds is 3. The van der Waals surface area contributed by atoms with Crippen LogP contribution in [0.4, 0.5) is 4.39 Å². The van der Waals surface area contributed by atoms with E-state index in [0.717, 1.165) is 24.0 Å². The average molecular weight is 278 g/mol. The van der Waals surface area contributed by atoms with Crippen molar-refractivity contribution in [2.75, 3.05) is 0 Å². The number of imidazole rings is 1. The molecule has 0 spiro atoms. The molecule has 0 unspecified atom stereocenters. The van der Waals surface area contributed by atoms with Gasteiger partial charge in [-0.15, -0.1) is 11.3 Å². The van der Waals surface area contributed by atoms with E-state index < -0.39 is 0 Å². The van der Waals surface area contributed by atoms with Crippen molar-refractivity contribution < 1.29 is 4.39 Å². The quantitative estimate of drug-likeness (QED) is 0.714. The van der Waals surface area contributed by atoms with Crippen LogP contribution in [0.3, 0.4) is 0 Å². The molecule has 5 heteroatoms. The van der Waals surface area contributed by atoms with Crippen LogP contribution in [0.25, 0.3) is 11.0 Å². The van der Waals surface area contributed by atoms with Gasteiger partial charge in [-0.3, -0.25) is 0 Å². The Balaban J connectivity index is 1.98. The zero-order chi connectivity index (χ0) is 12.5. The van der Waals surface area contributed by atoms with Crippen molar-refractivity contribution >= 4 is 34.6 Å². The van der Waals surface area contributed by atoms with Crippen LogP contribution in [0.2, 0.25) is 0 Å². The van der Waals surface area contributed by atoms with Crippen molar-refractivity contribution in [2.45, 2.75) is 13.0 Å². The third-order valence-corrected chi connectivity index (χ3v) is 4.16. The second-order valence-corrected chi connectivity index (χ2v) is 5.49. The van der Waals surface area contributed by atoms with Gasteiger partial charge in [0.15, 0.2) is 4.77 Å². The molecule has 0 aliphatic carbocycles. The number of aromatic amines is 1. The van der Waals surface area contributed by atoms with E-state index in [0.29, 0.717) is 4.77 Å². The second kappa shape index (κ2) is 4.66. The number of benzene rings is 1. The van der Waals surface area contributed by atoms with E-state index in [-0.39, 0.29) is 5.82 Å². The van der Waals surface area contributed by atoms with Gasteiger partial charge in [0.1, 0.15) is 5.82 Å². The second-order valence-electron chi connectivity index (χ2n) is 4.07. The monoisotopic (exact) mass is 278 g/mol. The molecule has 3 rings (SSSR count). The number of fused-ring (bicyclic) bond motifs is 1. The SMILES string of the molecule is Fc1ccc2[nH]c(=S)n(CCc3cccs3)c2c1. The van der Waals surface area contributed by atoms with E-state index in [9.17, 15) is 4.39 Å². The normalized spacial score (nSPS) is 11.2. The van der Waals surface area contributed by atoms with Gasteiger partial charge in [-0.25, -0.2) is 4.39 Å². The van der Waals surface area contributed by atoms with Gasteiger partial charge in [0.05, 0.1) is 11.0 Å². The molecule has 0 bridgehead atoms. The first-order valence-corrected chi connectivity index (χ1v) is 6.93. The standard InChI is InChI=1S/C13H11FN2S2/c14-9-3-4-11-12(8-9)16(13(17)15-11)6-5-10-2-1-7-18-10/h1-4,7-8H,5-6H2,(H,15,17). The van der Waals surface area contributed by atoms with Crippen LogP contribution < -0.4 is 0 Å². The predicted molar refractivity (Wildman–Crippen MR) is 75.1 cm³/mol. The highest BCUT2D eigenvalue weighted by atomic mass is 32.1. The van der Waals surface area contributed by atoms with Crippen LogP contribution in [-0.4, -0.2) is 9.55 Å². The first-order valence-electron chi connectivity index (χ1n) is 5.64. The smallest absolute Gasteiger partial charge is 0.178 e. The summed E-state index contributed by atoms with van der Waals surface area (Å²) in [5.41, 5.74) is 1.71. The van der Waals surface area contributed by atoms with Gasteiger partial charge in [0.25, 0.3) is 0 Å². The summed E-state index contributed by atoms with van der Waals surface area (Å²) in [5.74, 6) is -0.235. The van der Waals surface area contributed by atoms with Crippen molar-refractivity contribution in [1.29, 1.82) is 0 Å². The lowest BCUT2D eigenvalue weighted by molar-refractivity contribution is 0.627. The Labute approximate surface area is 113 Å². The fourth-order valence-electron chi connectivity index (χ4n) is 2.02. The maximum atomic E-state index is 13.3. The predicted octanol–water partition coefficient (Wildman–Crippen LogP) is 4.14. The minimum absolute atomic E-state index is 0.235. The summed E-state index contributed by atoms with van der Waals surface area (Å²) < 4.78 is 15.9. The van der Waals surface area contributed by atoms with Gasteiger partial charge in [-0.2, -0.15) is 0 Å². The van der Waals surface area contributed by atoms with Gasteiger partial charge < -0.3 is 9.55 Å². The molecule has 0 fully saturated rings. The number of nitrogens with zero attached hydrogens (tertiary/aromatic N) is 1. The van der Waals surface area contributed by atoms with Crippen LogP contribution in [0.15, 0.2) is 35.7 Å². The maximum Gasteiger partial charge on any atom is 0.178 e. The van der Waals surface area contributed by atoms with Crippen LogP contribution in [-0.2, 0) is 13.0 Å². The summed E-state index contributed by atoms with van der Waals surface area (Å²) in [6.07, 6.45) is 0.912. The van der Waals surface area contributed by atoms with Crippen molar-refractivity contribution in [1.82, 2.24) is 9.55 Å². The Morgan fingerprint density at radius 2 is 2.22 bits per heavy atom. The molecule has 3 aromatic rings. The summed E-state index contributed by atoms with van der Waals surface area (Å²) in [6.45, 7) is 0.767. The highest BCUT2D eigenvalue weighted by Crippen LogP contribution is 2.17. The number of aromatic nitrogens is 2. The zero-order valence-corrected chi connectivity index (χ0v) is 11.2. The Kier molecular flexibility index (Phi) is 3.01. The van der Waals surface area contributed by atoms with Crippen molar-refractivity contribution in [2.24, 2.45) is 0 Å². The van der Waals surface area contributed by atoms with E-state index >= 15 is 0 Å². The lowest BCUT2D eigenvalue weighted by atomic mass is 10.3. The van der Waals surface area contributed by atoms with Crippen LogP contribution in [0.1, 0.15) is 4.88 Å². The summed E-state index contributed by atoms with van der Waals surface area (Å²) in [6, 6.07) is 8.83. The molecule has 2 heterocycles. The van der Waals surface area contributed by atoms with E-state index in [1.165, 1.54) is 17.0 Å². The van der Waals surface area contributed by atoms with Gasteiger partial charge in [0, 0.05) is 11.4 Å². The number of nitrogens with one attached hydrogen (secondary N) is 1. The molecular weight excluding hydrogens is 267 g/mol. The molecule has 18 heavy (non-hydrogen) atoms. The number of H-pyrrole nitrogens is 1. The molecule has 0 atom stereocenters. The van der Waals surface area contributed by atoms with Crippen molar-refractivity contribution in [3.05, 3.63) is 51.2 Å². The van der Waals surface area contributed by atoms with Gasteiger partial charge in [-0.05, 0) is 48.3 Å². The average Bonchev–Trinajstić information content (AvgIpc) is 2.94. The van der Waals surface area contributed by atoms with E-state index in [2.05, 4.69) is 16.4 Å². The molecule has 1 aromatic carbocycles. The number of halogens is 1. The van der Waals surface area contributed by atoms with Crippen molar-refractivity contribution in [3.8, 4) is 0 Å². The molecular formula is C13H11FN2S2. The number of hydrogen-bond donors (Lipinski definition) is 1. The van der Waals surface area contributed by atoms with Gasteiger partial charge in [-0.1, -0.05) is 6.07 Å². The molecule has 0 radical (unpaired) electrons. The summed E-state index contributed by atoms with van der Waals surface area (Å²) in [4.78, 5) is 4.41. The first kappa shape index (κ1) is 11.6. The molecule has 0 aliphatic rings. The summed E-state index contributed by atoms with van der Waals surface area (Å²) in [5, 5.41) is 2.06. The minimum atomic E-state index is -0.235. The topological polar surface area (TPSA) is 20.7 Å². The molecule has 0 saturated carbocycles. The maximum absolute atomic E-state index is 13.3. The van der Waals surface area contributed by atoms with Gasteiger partial charge >= 0.3 is 0 Å². The highest BCUT2D eigenvalue weighted by Gasteiger charge is 2.05. The van der Waals surface area contributed by atoms with Crippen LogP contribution in [0, 0.1) is 10.6 Å². The molecule has 2 aromatic heterocycles. The molecule has 0 saturated heterocycles. The van der Waals surface area contributed by atoms with Crippen molar-refractivity contribution in [3.63, 3.8) is 0 Å². The number of thiophene rings is 1.